The molecule has 1 amide bonds. The number of anilines is 2. The van der Waals surface area contributed by atoms with Crippen molar-refractivity contribution in [3.63, 3.8) is 0 Å². The van der Waals surface area contributed by atoms with Gasteiger partial charge in [-0.1, -0.05) is 6.42 Å². The van der Waals surface area contributed by atoms with Crippen LogP contribution in [0.15, 0.2) is 12.4 Å². The molecule has 1 aliphatic carbocycles. The van der Waals surface area contributed by atoms with Crippen LogP contribution >= 0.6 is 0 Å². The van der Waals surface area contributed by atoms with Crippen LogP contribution in [0.2, 0.25) is 0 Å². The molecule has 1 saturated carbocycles. The highest BCUT2D eigenvalue weighted by Gasteiger charge is 2.51. The second-order valence-electron chi connectivity index (χ2n) is 6.77. The molecule has 3 aliphatic rings. The van der Waals surface area contributed by atoms with Gasteiger partial charge in [-0.25, -0.2) is 9.97 Å². The summed E-state index contributed by atoms with van der Waals surface area (Å²) in [4.78, 5) is 23.8. The SMILES string of the molecule is O=C(Nc1cnc(N2CCNCC2)nc1)C12CCCC1NCC2. The first-order valence-electron chi connectivity index (χ1n) is 8.60. The Hall–Kier alpha value is -1.73. The van der Waals surface area contributed by atoms with E-state index in [0.29, 0.717) is 11.7 Å². The summed E-state index contributed by atoms with van der Waals surface area (Å²) in [5.74, 6) is 0.868. The molecule has 3 N–H and O–H groups in total. The first-order chi connectivity index (χ1) is 11.3. The second-order valence-corrected chi connectivity index (χ2v) is 6.77. The highest BCUT2D eigenvalue weighted by Crippen LogP contribution is 2.45. The Morgan fingerprint density at radius 3 is 2.78 bits per heavy atom. The molecule has 124 valence electrons. The Bertz CT molecular complexity index is 558. The van der Waals surface area contributed by atoms with E-state index in [1.807, 2.05) is 0 Å². The number of amides is 1. The molecule has 0 bridgehead atoms. The Morgan fingerprint density at radius 1 is 1.22 bits per heavy atom. The highest BCUT2D eigenvalue weighted by atomic mass is 16.2. The average molecular weight is 316 g/mol. The summed E-state index contributed by atoms with van der Waals surface area (Å²) in [7, 11) is 0. The Labute approximate surface area is 136 Å². The second kappa shape index (κ2) is 6.05. The molecule has 1 aromatic heterocycles. The van der Waals surface area contributed by atoms with Crippen LogP contribution in [0.1, 0.15) is 25.7 Å². The van der Waals surface area contributed by atoms with Crippen LogP contribution in [0.25, 0.3) is 0 Å². The van der Waals surface area contributed by atoms with E-state index in [1.165, 1.54) is 0 Å². The van der Waals surface area contributed by atoms with Gasteiger partial charge in [0.25, 0.3) is 0 Å². The van der Waals surface area contributed by atoms with Gasteiger partial charge in [0, 0.05) is 32.2 Å². The molecule has 2 saturated heterocycles. The summed E-state index contributed by atoms with van der Waals surface area (Å²) in [5.41, 5.74) is 0.470. The number of hydrogen-bond acceptors (Lipinski definition) is 6. The number of rotatable bonds is 3. The lowest BCUT2D eigenvalue weighted by molar-refractivity contribution is -0.125. The average Bonchev–Trinajstić information content (AvgIpc) is 3.17. The van der Waals surface area contributed by atoms with Crippen LogP contribution in [0.4, 0.5) is 11.6 Å². The molecule has 2 atom stereocenters. The highest BCUT2D eigenvalue weighted by molar-refractivity contribution is 5.96. The maximum atomic E-state index is 12.8. The number of carbonyl (C=O) groups is 1. The number of hydrogen-bond donors (Lipinski definition) is 3. The lowest BCUT2D eigenvalue weighted by Crippen LogP contribution is -2.44. The summed E-state index contributed by atoms with van der Waals surface area (Å²) >= 11 is 0. The minimum Gasteiger partial charge on any atom is -0.338 e. The van der Waals surface area contributed by atoms with Gasteiger partial charge in [-0.05, 0) is 25.8 Å². The molecule has 4 rings (SSSR count). The van der Waals surface area contributed by atoms with Crippen molar-refractivity contribution < 1.29 is 4.79 Å². The van der Waals surface area contributed by atoms with Crippen molar-refractivity contribution in [1.29, 1.82) is 0 Å². The van der Waals surface area contributed by atoms with Gasteiger partial charge in [-0.15, -0.1) is 0 Å². The van der Waals surface area contributed by atoms with E-state index < -0.39 is 0 Å². The van der Waals surface area contributed by atoms with Gasteiger partial charge < -0.3 is 20.9 Å². The molecule has 2 unspecified atom stereocenters. The number of piperazine rings is 1. The Morgan fingerprint density at radius 2 is 2.00 bits per heavy atom. The molecular formula is C16H24N6O. The first kappa shape index (κ1) is 14.8. The van der Waals surface area contributed by atoms with Crippen LogP contribution in [0.5, 0.6) is 0 Å². The topological polar surface area (TPSA) is 82.2 Å². The molecule has 1 aromatic rings. The summed E-state index contributed by atoms with van der Waals surface area (Å²) < 4.78 is 0. The largest absolute Gasteiger partial charge is 0.338 e. The van der Waals surface area contributed by atoms with Crippen molar-refractivity contribution in [3.8, 4) is 0 Å². The zero-order valence-corrected chi connectivity index (χ0v) is 13.3. The number of nitrogens with one attached hydrogen (secondary N) is 3. The molecule has 7 nitrogen and oxygen atoms in total. The van der Waals surface area contributed by atoms with E-state index in [-0.39, 0.29) is 11.3 Å². The van der Waals surface area contributed by atoms with Gasteiger partial charge >= 0.3 is 0 Å². The third-order valence-corrected chi connectivity index (χ3v) is 5.49. The van der Waals surface area contributed by atoms with Crippen molar-refractivity contribution in [2.75, 3.05) is 42.9 Å². The van der Waals surface area contributed by atoms with Crippen molar-refractivity contribution in [1.82, 2.24) is 20.6 Å². The van der Waals surface area contributed by atoms with E-state index in [2.05, 4.69) is 30.8 Å². The zero-order valence-electron chi connectivity index (χ0n) is 13.3. The maximum Gasteiger partial charge on any atom is 0.232 e. The van der Waals surface area contributed by atoms with Gasteiger partial charge in [0.05, 0.1) is 23.5 Å². The summed E-state index contributed by atoms with van der Waals surface area (Å²) in [6.07, 6.45) is 7.60. The fraction of sp³-hybridized carbons (Fsp3) is 0.688. The Kier molecular flexibility index (Phi) is 3.90. The third-order valence-electron chi connectivity index (χ3n) is 5.49. The molecule has 0 aromatic carbocycles. The fourth-order valence-electron chi connectivity index (χ4n) is 4.19. The minimum absolute atomic E-state index is 0.128. The zero-order chi connectivity index (χ0) is 15.7. The summed E-state index contributed by atoms with van der Waals surface area (Å²) in [6, 6.07) is 0.337. The van der Waals surface area contributed by atoms with Gasteiger partial charge in [-0.3, -0.25) is 4.79 Å². The number of aromatic nitrogens is 2. The van der Waals surface area contributed by atoms with E-state index in [0.717, 1.165) is 64.4 Å². The molecule has 0 radical (unpaired) electrons. The summed E-state index contributed by atoms with van der Waals surface area (Å²) in [6.45, 7) is 4.69. The van der Waals surface area contributed by atoms with E-state index in [1.54, 1.807) is 12.4 Å². The third kappa shape index (κ3) is 2.68. The predicted molar refractivity (Wildman–Crippen MR) is 88.4 cm³/mol. The molecule has 3 fully saturated rings. The monoisotopic (exact) mass is 316 g/mol. The van der Waals surface area contributed by atoms with Gasteiger partial charge in [-0.2, -0.15) is 0 Å². The van der Waals surface area contributed by atoms with Crippen LogP contribution in [0.3, 0.4) is 0 Å². The number of carbonyl (C=O) groups excluding carboxylic acids is 1. The maximum absolute atomic E-state index is 12.8. The van der Waals surface area contributed by atoms with Gasteiger partial charge in [0.15, 0.2) is 0 Å². The molecular weight excluding hydrogens is 292 g/mol. The van der Waals surface area contributed by atoms with Crippen molar-refractivity contribution in [2.45, 2.75) is 31.7 Å². The van der Waals surface area contributed by atoms with Crippen LogP contribution in [-0.4, -0.2) is 54.6 Å². The molecule has 3 heterocycles. The van der Waals surface area contributed by atoms with E-state index in [9.17, 15) is 4.79 Å². The normalized spacial score (nSPS) is 30.3. The predicted octanol–water partition coefficient (Wildman–Crippen LogP) is 0.357. The smallest absolute Gasteiger partial charge is 0.232 e. The van der Waals surface area contributed by atoms with Gasteiger partial charge in [0.2, 0.25) is 11.9 Å². The van der Waals surface area contributed by atoms with Crippen molar-refractivity contribution in [3.05, 3.63) is 12.4 Å². The van der Waals surface area contributed by atoms with Crippen LogP contribution in [0, 0.1) is 5.41 Å². The molecule has 0 spiro atoms. The van der Waals surface area contributed by atoms with E-state index in [4.69, 9.17) is 0 Å². The van der Waals surface area contributed by atoms with Crippen molar-refractivity contribution >= 4 is 17.5 Å². The quantitative estimate of drug-likeness (QED) is 0.747. The van der Waals surface area contributed by atoms with Crippen molar-refractivity contribution in [2.24, 2.45) is 5.41 Å². The number of fused-ring (bicyclic) bond motifs is 1. The number of nitrogens with zero attached hydrogens (tertiary/aromatic N) is 3. The van der Waals surface area contributed by atoms with Crippen LogP contribution < -0.4 is 20.9 Å². The van der Waals surface area contributed by atoms with Crippen LogP contribution in [-0.2, 0) is 4.79 Å². The lowest BCUT2D eigenvalue weighted by Gasteiger charge is -2.28. The minimum atomic E-state index is -0.225. The van der Waals surface area contributed by atoms with Gasteiger partial charge in [0.1, 0.15) is 0 Å². The first-order valence-corrected chi connectivity index (χ1v) is 8.60. The molecule has 2 aliphatic heterocycles. The molecule has 7 heteroatoms. The standard InChI is InChI=1S/C16H24N6O/c23-14(16-3-1-2-13(16)18-5-4-16)21-12-10-19-15(20-11-12)22-8-6-17-7-9-22/h10-11,13,17-18H,1-9H2,(H,21,23). The Balaban J connectivity index is 1.43. The summed E-state index contributed by atoms with van der Waals surface area (Å²) in [5, 5.41) is 9.83. The fourth-order valence-corrected chi connectivity index (χ4v) is 4.19. The van der Waals surface area contributed by atoms with E-state index >= 15 is 0 Å². The lowest BCUT2D eigenvalue weighted by atomic mass is 9.81. The molecule has 23 heavy (non-hydrogen) atoms.